The molecule has 2 heteroatoms. The molecule has 0 saturated heterocycles. The van der Waals surface area contributed by atoms with Crippen LogP contribution < -0.4 is 5.32 Å². The van der Waals surface area contributed by atoms with E-state index in [-0.39, 0.29) is 0 Å². The van der Waals surface area contributed by atoms with Crippen LogP contribution >= 0.6 is 11.3 Å². The second-order valence-electron chi connectivity index (χ2n) is 5.68. The van der Waals surface area contributed by atoms with Crippen molar-refractivity contribution in [1.29, 1.82) is 0 Å². The number of aryl methyl sites for hydroxylation is 1. The fourth-order valence-electron chi connectivity index (χ4n) is 3.15. The molecule has 1 atom stereocenters. The summed E-state index contributed by atoms with van der Waals surface area (Å²) in [6, 6.07) is 2.93. The van der Waals surface area contributed by atoms with Gasteiger partial charge in [-0.25, -0.2) is 0 Å². The minimum atomic E-state index is 0.597. The number of nitrogens with one attached hydrogen (secondary N) is 1. The van der Waals surface area contributed by atoms with Crippen LogP contribution in [0.2, 0.25) is 0 Å². The molecule has 0 bridgehead atoms. The molecule has 1 unspecified atom stereocenters. The summed E-state index contributed by atoms with van der Waals surface area (Å²) in [5.74, 6) is 0.951. The standard InChI is InChI=1S/C16H27NS/c1-3-10-17-16(15-9-11-18-13(15)2)12-14-7-5-4-6-8-14/h9,11,14,16-17H,3-8,10,12H2,1-2H3. The molecular weight excluding hydrogens is 238 g/mol. The summed E-state index contributed by atoms with van der Waals surface area (Å²) in [7, 11) is 0. The lowest BCUT2D eigenvalue weighted by atomic mass is 9.83. The van der Waals surface area contributed by atoms with E-state index >= 15 is 0 Å². The minimum Gasteiger partial charge on any atom is -0.310 e. The zero-order valence-corrected chi connectivity index (χ0v) is 12.7. The lowest BCUT2D eigenvalue weighted by Gasteiger charge is -2.27. The van der Waals surface area contributed by atoms with Crippen LogP contribution in [-0.4, -0.2) is 6.54 Å². The lowest BCUT2D eigenvalue weighted by molar-refractivity contribution is 0.300. The van der Waals surface area contributed by atoms with Crippen molar-refractivity contribution >= 4 is 11.3 Å². The Hall–Kier alpha value is -0.340. The molecule has 1 nitrogen and oxygen atoms in total. The van der Waals surface area contributed by atoms with Crippen LogP contribution in [0, 0.1) is 12.8 Å². The Labute approximate surface area is 116 Å². The normalized spacial score (nSPS) is 19.0. The first-order valence-corrected chi connectivity index (χ1v) is 8.46. The van der Waals surface area contributed by atoms with E-state index in [9.17, 15) is 0 Å². The van der Waals surface area contributed by atoms with E-state index < -0.39 is 0 Å². The highest BCUT2D eigenvalue weighted by atomic mass is 32.1. The van der Waals surface area contributed by atoms with Gasteiger partial charge in [0.05, 0.1) is 0 Å². The van der Waals surface area contributed by atoms with Gasteiger partial charge in [-0.2, -0.15) is 0 Å². The molecule has 0 amide bonds. The molecule has 1 aromatic rings. The molecule has 0 aliphatic heterocycles. The van der Waals surface area contributed by atoms with E-state index in [4.69, 9.17) is 0 Å². The third-order valence-electron chi connectivity index (χ3n) is 4.21. The fraction of sp³-hybridized carbons (Fsp3) is 0.750. The summed E-state index contributed by atoms with van der Waals surface area (Å²) in [5, 5.41) is 6.01. The van der Waals surface area contributed by atoms with Crippen molar-refractivity contribution in [2.45, 2.75) is 64.8 Å². The van der Waals surface area contributed by atoms with Crippen molar-refractivity contribution in [3.05, 3.63) is 21.9 Å². The van der Waals surface area contributed by atoms with Crippen molar-refractivity contribution in [1.82, 2.24) is 5.32 Å². The lowest BCUT2D eigenvalue weighted by Crippen LogP contribution is -2.25. The Bertz CT molecular complexity index is 339. The van der Waals surface area contributed by atoms with Crippen molar-refractivity contribution in [3.63, 3.8) is 0 Å². The van der Waals surface area contributed by atoms with E-state index in [1.807, 2.05) is 11.3 Å². The summed E-state index contributed by atoms with van der Waals surface area (Å²) < 4.78 is 0. The van der Waals surface area contributed by atoms with Crippen molar-refractivity contribution in [3.8, 4) is 0 Å². The second-order valence-corrected chi connectivity index (χ2v) is 6.80. The van der Waals surface area contributed by atoms with Crippen LogP contribution in [0.1, 0.15) is 68.4 Å². The predicted molar refractivity (Wildman–Crippen MR) is 81.3 cm³/mol. The molecule has 2 rings (SSSR count). The molecule has 1 saturated carbocycles. The molecule has 18 heavy (non-hydrogen) atoms. The largest absolute Gasteiger partial charge is 0.310 e. The molecular formula is C16H27NS. The maximum absolute atomic E-state index is 3.77. The Kier molecular flexibility index (Phi) is 5.71. The SMILES string of the molecule is CCCNC(CC1CCCCC1)c1ccsc1C. The van der Waals surface area contributed by atoms with Gasteiger partial charge in [-0.3, -0.25) is 0 Å². The highest BCUT2D eigenvalue weighted by Gasteiger charge is 2.21. The van der Waals surface area contributed by atoms with E-state index in [0.29, 0.717) is 6.04 Å². The maximum Gasteiger partial charge on any atom is 0.0333 e. The van der Waals surface area contributed by atoms with Crippen molar-refractivity contribution in [2.75, 3.05) is 6.54 Å². The molecule has 1 fully saturated rings. The van der Waals surface area contributed by atoms with E-state index in [1.165, 1.54) is 49.8 Å². The minimum absolute atomic E-state index is 0.597. The Morgan fingerprint density at radius 2 is 2.11 bits per heavy atom. The second kappa shape index (κ2) is 7.30. The quantitative estimate of drug-likeness (QED) is 0.757. The maximum atomic E-state index is 3.77. The van der Waals surface area contributed by atoms with E-state index in [0.717, 1.165) is 12.5 Å². The summed E-state index contributed by atoms with van der Waals surface area (Å²) >= 11 is 1.89. The zero-order valence-electron chi connectivity index (χ0n) is 11.9. The first-order valence-electron chi connectivity index (χ1n) is 7.58. The van der Waals surface area contributed by atoms with Crippen LogP contribution in [0.15, 0.2) is 11.4 Å². The van der Waals surface area contributed by atoms with Gasteiger partial charge in [0.2, 0.25) is 0 Å². The van der Waals surface area contributed by atoms with Gasteiger partial charge in [0.15, 0.2) is 0 Å². The smallest absolute Gasteiger partial charge is 0.0333 e. The van der Waals surface area contributed by atoms with Gasteiger partial charge in [-0.05, 0) is 49.2 Å². The Balaban J connectivity index is 1.98. The van der Waals surface area contributed by atoms with Crippen LogP contribution in [0.4, 0.5) is 0 Å². The van der Waals surface area contributed by atoms with Crippen LogP contribution in [0.25, 0.3) is 0 Å². The summed E-state index contributed by atoms with van der Waals surface area (Å²) in [6.07, 6.45) is 9.84. The summed E-state index contributed by atoms with van der Waals surface area (Å²) in [6.45, 7) is 5.67. The third-order valence-corrected chi connectivity index (χ3v) is 5.07. The average molecular weight is 265 g/mol. The molecule has 1 aliphatic carbocycles. The highest BCUT2D eigenvalue weighted by Crippen LogP contribution is 2.34. The molecule has 1 aromatic heterocycles. The molecule has 1 N–H and O–H groups in total. The monoisotopic (exact) mass is 265 g/mol. The highest BCUT2D eigenvalue weighted by molar-refractivity contribution is 7.10. The number of rotatable bonds is 6. The van der Waals surface area contributed by atoms with Gasteiger partial charge in [-0.15, -0.1) is 11.3 Å². The molecule has 1 aliphatic rings. The molecule has 0 radical (unpaired) electrons. The first kappa shape index (κ1) is 14.1. The van der Waals surface area contributed by atoms with Gasteiger partial charge < -0.3 is 5.32 Å². The Morgan fingerprint density at radius 3 is 2.72 bits per heavy atom. The number of hydrogen-bond donors (Lipinski definition) is 1. The summed E-state index contributed by atoms with van der Waals surface area (Å²) in [4.78, 5) is 1.50. The predicted octanol–water partition coefficient (Wildman–Crippen LogP) is 5.07. The number of hydrogen-bond acceptors (Lipinski definition) is 2. The summed E-state index contributed by atoms with van der Waals surface area (Å²) in [5.41, 5.74) is 1.55. The Morgan fingerprint density at radius 1 is 1.33 bits per heavy atom. The number of thiophene rings is 1. The van der Waals surface area contributed by atoms with E-state index in [1.54, 1.807) is 5.56 Å². The van der Waals surface area contributed by atoms with Gasteiger partial charge in [0.1, 0.15) is 0 Å². The first-order chi connectivity index (χ1) is 8.81. The molecule has 0 aromatic carbocycles. The molecule has 1 heterocycles. The van der Waals surface area contributed by atoms with Gasteiger partial charge in [0, 0.05) is 10.9 Å². The van der Waals surface area contributed by atoms with Crippen LogP contribution in [-0.2, 0) is 0 Å². The average Bonchev–Trinajstić information content (AvgIpc) is 2.82. The third kappa shape index (κ3) is 3.83. The fourth-order valence-corrected chi connectivity index (χ4v) is 3.92. The zero-order chi connectivity index (χ0) is 12.8. The molecule has 102 valence electrons. The van der Waals surface area contributed by atoms with Crippen LogP contribution in [0.5, 0.6) is 0 Å². The van der Waals surface area contributed by atoms with Gasteiger partial charge >= 0.3 is 0 Å². The van der Waals surface area contributed by atoms with Crippen molar-refractivity contribution in [2.24, 2.45) is 5.92 Å². The molecule has 0 spiro atoms. The van der Waals surface area contributed by atoms with Crippen LogP contribution in [0.3, 0.4) is 0 Å². The van der Waals surface area contributed by atoms with Gasteiger partial charge in [0.25, 0.3) is 0 Å². The van der Waals surface area contributed by atoms with E-state index in [2.05, 4.69) is 30.6 Å². The van der Waals surface area contributed by atoms with Gasteiger partial charge in [-0.1, -0.05) is 39.0 Å². The topological polar surface area (TPSA) is 12.0 Å². The van der Waals surface area contributed by atoms with Crippen molar-refractivity contribution < 1.29 is 0 Å².